The molecule has 1 amide bonds. The summed E-state index contributed by atoms with van der Waals surface area (Å²) in [6, 6.07) is 8.82. The molecule has 1 aromatic carbocycles. The maximum atomic E-state index is 12.8. The third-order valence-electron chi connectivity index (χ3n) is 4.70. The summed E-state index contributed by atoms with van der Waals surface area (Å²) in [7, 11) is 0. The Balaban J connectivity index is 1.77. The van der Waals surface area contributed by atoms with Gasteiger partial charge < -0.3 is 14.1 Å². The SMILES string of the molecule is C[C@@H]1CCC[C@H](C)N1C(=O)[C@@H](C)Oc1ccc2ccc(=O)oc2c1. The van der Waals surface area contributed by atoms with Crippen LogP contribution in [0, 0.1) is 0 Å². The smallest absolute Gasteiger partial charge is 0.336 e. The van der Waals surface area contributed by atoms with Crippen LogP contribution in [0.1, 0.15) is 40.0 Å². The first kappa shape index (κ1) is 16.6. The zero-order valence-electron chi connectivity index (χ0n) is 14.3. The Labute approximate surface area is 141 Å². The van der Waals surface area contributed by atoms with Crippen LogP contribution in [0.3, 0.4) is 0 Å². The molecule has 0 radical (unpaired) electrons. The highest BCUT2D eigenvalue weighted by Gasteiger charge is 2.32. The van der Waals surface area contributed by atoms with Crippen LogP contribution in [0.2, 0.25) is 0 Å². The Morgan fingerprint density at radius 3 is 2.58 bits per heavy atom. The first-order valence-electron chi connectivity index (χ1n) is 8.48. The molecule has 0 aliphatic carbocycles. The Bertz CT molecular complexity index is 787. The van der Waals surface area contributed by atoms with Crippen LogP contribution in [0.25, 0.3) is 11.0 Å². The predicted octanol–water partition coefficient (Wildman–Crippen LogP) is 3.35. The summed E-state index contributed by atoms with van der Waals surface area (Å²) >= 11 is 0. The molecular formula is C19H23NO4. The second-order valence-electron chi connectivity index (χ2n) is 6.59. The van der Waals surface area contributed by atoms with Crippen molar-refractivity contribution in [2.24, 2.45) is 0 Å². The summed E-state index contributed by atoms with van der Waals surface area (Å²) in [6.07, 6.45) is 2.64. The zero-order valence-corrected chi connectivity index (χ0v) is 14.3. The second-order valence-corrected chi connectivity index (χ2v) is 6.59. The number of hydrogen-bond donors (Lipinski definition) is 0. The van der Waals surface area contributed by atoms with Gasteiger partial charge in [0.05, 0.1) is 0 Å². The van der Waals surface area contributed by atoms with E-state index in [2.05, 4.69) is 13.8 Å². The van der Waals surface area contributed by atoms with Crippen molar-refractivity contribution >= 4 is 16.9 Å². The number of amides is 1. The monoisotopic (exact) mass is 329 g/mol. The Hall–Kier alpha value is -2.30. The third kappa shape index (κ3) is 3.30. The predicted molar refractivity (Wildman–Crippen MR) is 92.2 cm³/mol. The van der Waals surface area contributed by atoms with E-state index in [9.17, 15) is 9.59 Å². The first-order chi connectivity index (χ1) is 11.5. The number of piperidine rings is 1. The fraction of sp³-hybridized carbons (Fsp3) is 0.474. The number of nitrogens with zero attached hydrogens (tertiary/aromatic N) is 1. The molecule has 2 heterocycles. The van der Waals surface area contributed by atoms with Crippen LogP contribution < -0.4 is 10.4 Å². The molecule has 1 fully saturated rings. The Kier molecular flexibility index (Phi) is 4.60. The van der Waals surface area contributed by atoms with Crippen LogP contribution in [0.15, 0.2) is 39.5 Å². The van der Waals surface area contributed by atoms with E-state index >= 15 is 0 Å². The van der Waals surface area contributed by atoms with Crippen molar-refractivity contribution in [2.75, 3.05) is 0 Å². The van der Waals surface area contributed by atoms with Crippen molar-refractivity contribution in [2.45, 2.75) is 58.2 Å². The van der Waals surface area contributed by atoms with E-state index in [-0.39, 0.29) is 18.0 Å². The van der Waals surface area contributed by atoms with E-state index in [1.165, 1.54) is 6.07 Å². The number of carbonyl (C=O) groups excluding carboxylic acids is 1. The highest BCUT2D eigenvalue weighted by atomic mass is 16.5. The fourth-order valence-corrected chi connectivity index (χ4v) is 3.43. The summed E-state index contributed by atoms with van der Waals surface area (Å²) in [4.78, 5) is 26.0. The summed E-state index contributed by atoms with van der Waals surface area (Å²) in [5, 5.41) is 0.819. The number of fused-ring (bicyclic) bond motifs is 1. The normalized spacial score (nSPS) is 22.4. The van der Waals surface area contributed by atoms with Gasteiger partial charge in [-0.25, -0.2) is 4.79 Å². The van der Waals surface area contributed by atoms with Gasteiger partial charge in [0.1, 0.15) is 11.3 Å². The molecule has 0 bridgehead atoms. The van der Waals surface area contributed by atoms with E-state index in [4.69, 9.17) is 9.15 Å². The van der Waals surface area contributed by atoms with Gasteiger partial charge in [0.2, 0.25) is 0 Å². The molecule has 0 N–H and O–H groups in total. The minimum Gasteiger partial charge on any atom is -0.481 e. The molecule has 5 nitrogen and oxygen atoms in total. The van der Waals surface area contributed by atoms with E-state index in [0.717, 1.165) is 24.6 Å². The van der Waals surface area contributed by atoms with Gasteiger partial charge in [0.25, 0.3) is 5.91 Å². The van der Waals surface area contributed by atoms with Gasteiger partial charge in [-0.1, -0.05) is 0 Å². The Morgan fingerprint density at radius 2 is 1.88 bits per heavy atom. The van der Waals surface area contributed by atoms with Crippen molar-refractivity contribution in [1.82, 2.24) is 4.90 Å². The largest absolute Gasteiger partial charge is 0.481 e. The standard InChI is InChI=1S/C19H23NO4/c1-12-5-4-6-13(2)20(12)19(22)14(3)23-16-9-7-15-8-10-18(21)24-17(15)11-16/h7-14H,4-6H2,1-3H3/t12-,13+,14-/m1/s1. The van der Waals surface area contributed by atoms with Crippen LogP contribution in [0.5, 0.6) is 5.75 Å². The molecule has 1 saturated heterocycles. The first-order valence-corrected chi connectivity index (χ1v) is 8.48. The van der Waals surface area contributed by atoms with Crippen molar-refractivity contribution < 1.29 is 13.9 Å². The maximum Gasteiger partial charge on any atom is 0.336 e. The van der Waals surface area contributed by atoms with Gasteiger partial charge in [-0.3, -0.25) is 4.79 Å². The van der Waals surface area contributed by atoms with E-state index < -0.39 is 11.7 Å². The number of ether oxygens (including phenoxy) is 1. The molecule has 5 heteroatoms. The highest BCUT2D eigenvalue weighted by Crippen LogP contribution is 2.25. The lowest BCUT2D eigenvalue weighted by molar-refractivity contribution is -0.144. The van der Waals surface area contributed by atoms with Gasteiger partial charge >= 0.3 is 5.63 Å². The molecule has 3 atom stereocenters. The van der Waals surface area contributed by atoms with E-state index in [1.54, 1.807) is 25.1 Å². The van der Waals surface area contributed by atoms with Crippen molar-refractivity contribution in [1.29, 1.82) is 0 Å². The molecule has 1 aromatic heterocycles. The molecule has 1 aliphatic rings. The Morgan fingerprint density at radius 1 is 1.21 bits per heavy atom. The number of likely N-dealkylation sites (tertiary alicyclic amines) is 1. The van der Waals surface area contributed by atoms with Gasteiger partial charge in [0, 0.05) is 29.6 Å². The average Bonchev–Trinajstić information content (AvgIpc) is 2.54. The molecule has 128 valence electrons. The topological polar surface area (TPSA) is 59.8 Å². The number of carbonyl (C=O) groups is 1. The van der Waals surface area contributed by atoms with Crippen molar-refractivity contribution in [3.63, 3.8) is 0 Å². The van der Waals surface area contributed by atoms with E-state index in [0.29, 0.717) is 11.3 Å². The number of hydrogen-bond acceptors (Lipinski definition) is 4. The summed E-state index contributed by atoms with van der Waals surface area (Å²) in [5.41, 5.74) is 0.0547. The lowest BCUT2D eigenvalue weighted by Gasteiger charge is -2.40. The van der Waals surface area contributed by atoms with Gasteiger partial charge in [-0.05, 0) is 58.2 Å². The summed E-state index contributed by atoms with van der Waals surface area (Å²) < 4.78 is 11.0. The zero-order chi connectivity index (χ0) is 17.3. The van der Waals surface area contributed by atoms with Gasteiger partial charge in [0.15, 0.2) is 6.10 Å². The van der Waals surface area contributed by atoms with Crippen LogP contribution in [0.4, 0.5) is 0 Å². The summed E-state index contributed by atoms with van der Waals surface area (Å²) in [6.45, 7) is 5.94. The number of benzene rings is 1. The van der Waals surface area contributed by atoms with Crippen molar-refractivity contribution in [3.8, 4) is 5.75 Å². The molecule has 0 saturated carbocycles. The van der Waals surface area contributed by atoms with E-state index in [1.807, 2.05) is 11.0 Å². The van der Waals surface area contributed by atoms with Crippen LogP contribution in [-0.4, -0.2) is 29.0 Å². The molecule has 0 unspecified atom stereocenters. The molecule has 1 aliphatic heterocycles. The van der Waals surface area contributed by atoms with Crippen molar-refractivity contribution in [3.05, 3.63) is 40.8 Å². The maximum absolute atomic E-state index is 12.8. The molecule has 3 rings (SSSR count). The third-order valence-corrected chi connectivity index (χ3v) is 4.70. The lowest BCUT2D eigenvalue weighted by Crippen LogP contribution is -2.51. The quantitative estimate of drug-likeness (QED) is 0.810. The molecular weight excluding hydrogens is 306 g/mol. The highest BCUT2D eigenvalue weighted by molar-refractivity contribution is 5.82. The minimum atomic E-state index is -0.583. The minimum absolute atomic E-state index is 0.00399. The summed E-state index contributed by atoms with van der Waals surface area (Å²) in [5.74, 6) is 0.527. The van der Waals surface area contributed by atoms with Crippen LogP contribution in [-0.2, 0) is 4.79 Å². The molecule has 2 aromatic rings. The fourth-order valence-electron chi connectivity index (χ4n) is 3.43. The lowest BCUT2D eigenvalue weighted by atomic mass is 9.97. The second kappa shape index (κ2) is 6.67. The van der Waals surface area contributed by atoms with Crippen LogP contribution >= 0.6 is 0 Å². The molecule has 0 spiro atoms. The molecule has 24 heavy (non-hydrogen) atoms. The average molecular weight is 329 g/mol. The van der Waals surface area contributed by atoms with Gasteiger partial charge in [-0.2, -0.15) is 0 Å². The number of rotatable bonds is 3. The van der Waals surface area contributed by atoms with Gasteiger partial charge in [-0.15, -0.1) is 0 Å².